The first kappa shape index (κ1) is 15.5. The zero-order valence-corrected chi connectivity index (χ0v) is 18.1. The summed E-state index contributed by atoms with van der Waals surface area (Å²) < 4.78 is 9.70. The minimum absolute atomic E-state index is 0.331. The summed E-state index contributed by atoms with van der Waals surface area (Å²) in [5.74, 6) is 1.10. The van der Waals surface area contributed by atoms with Crippen molar-refractivity contribution in [3.05, 3.63) is 41.6 Å². The fourth-order valence-electron chi connectivity index (χ4n) is 3.48. The zero-order valence-electron chi connectivity index (χ0n) is 13.6. The van der Waals surface area contributed by atoms with Crippen LogP contribution in [-0.2, 0) is 13.0 Å². The first-order valence-corrected chi connectivity index (χ1v) is 13.3. The van der Waals surface area contributed by atoms with Crippen LogP contribution in [0.25, 0.3) is 0 Å². The third kappa shape index (κ3) is 3.58. The first-order valence-electron chi connectivity index (χ1n) is 8.45. The Hall–Kier alpha value is -1.02. The average molecular weight is 501 g/mol. The van der Waals surface area contributed by atoms with E-state index < -0.39 is 23.7 Å². The molecule has 5 heteroatoms. The van der Waals surface area contributed by atoms with Gasteiger partial charge < -0.3 is 0 Å². The Labute approximate surface area is 149 Å². The summed E-state index contributed by atoms with van der Waals surface area (Å²) >= 11 is -0.902. The Morgan fingerprint density at radius 3 is 2.91 bits per heavy atom. The molecule has 0 radical (unpaired) electrons. The molecule has 0 N–H and O–H groups in total. The molecular formula is C18H22N3OTl. The van der Waals surface area contributed by atoms with Crippen molar-refractivity contribution in [1.29, 1.82) is 0 Å². The van der Waals surface area contributed by atoms with Crippen LogP contribution in [0.1, 0.15) is 18.1 Å². The van der Waals surface area contributed by atoms with Gasteiger partial charge in [-0.15, -0.1) is 0 Å². The maximum atomic E-state index is 5.89. The SMILES string of the molecule is CC1Cc2ccc(CN3CCN([C]4=NC=C[CH]=[Tl]4)CC3)cc2O1. The van der Waals surface area contributed by atoms with Gasteiger partial charge >= 0.3 is 150 Å². The van der Waals surface area contributed by atoms with E-state index in [-0.39, 0.29) is 0 Å². The van der Waals surface area contributed by atoms with Gasteiger partial charge in [0.1, 0.15) is 0 Å². The van der Waals surface area contributed by atoms with Gasteiger partial charge in [0.25, 0.3) is 0 Å². The number of rotatable bonds is 2. The molecule has 0 spiro atoms. The molecule has 3 aliphatic heterocycles. The van der Waals surface area contributed by atoms with Crippen LogP contribution in [0.2, 0.25) is 0 Å². The number of benzene rings is 1. The summed E-state index contributed by atoms with van der Waals surface area (Å²) in [6, 6.07) is 6.76. The van der Waals surface area contributed by atoms with Crippen LogP contribution in [0.5, 0.6) is 5.75 Å². The van der Waals surface area contributed by atoms with Crippen molar-refractivity contribution >= 4 is 30.7 Å². The van der Waals surface area contributed by atoms with Crippen molar-refractivity contribution in [2.75, 3.05) is 26.2 Å². The number of hydrogen-bond donors (Lipinski definition) is 0. The predicted octanol–water partition coefficient (Wildman–Crippen LogP) is 1.52. The van der Waals surface area contributed by atoms with E-state index in [4.69, 9.17) is 4.74 Å². The van der Waals surface area contributed by atoms with E-state index in [1.165, 1.54) is 14.5 Å². The fraction of sp³-hybridized carbons (Fsp3) is 0.444. The summed E-state index contributed by atoms with van der Waals surface area (Å²) in [6.45, 7) is 7.67. The van der Waals surface area contributed by atoms with Gasteiger partial charge in [-0.1, -0.05) is 0 Å². The van der Waals surface area contributed by atoms with Gasteiger partial charge in [0.05, 0.1) is 0 Å². The number of piperazine rings is 1. The molecule has 1 saturated heterocycles. The van der Waals surface area contributed by atoms with Crippen LogP contribution in [0.4, 0.5) is 0 Å². The second kappa shape index (κ2) is 6.85. The van der Waals surface area contributed by atoms with E-state index in [0.29, 0.717) is 6.10 Å². The van der Waals surface area contributed by atoms with Gasteiger partial charge in [-0.2, -0.15) is 0 Å². The number of amidine groups is 1. The number of ether oxygens (including phenoxy) is 1. The first-order chi connectivity index (χ1) is 11.3. The van der Waals surface area contributed by atoms with Crippen molar-refractivity contribution in [1.82, 2.24) is 9.80 Å². The van der Waals surface area contributed by atoms with Crippen LogP contribution in [0.3, 0.4) is 0 Å². The molecular weight excluding hydrogens is 479 g/mol. The van der Waals surface area contributed by atoms with E-state index in [2.05, 4.69) is 49.5 Å². The van der Waals surface area contributed by atoms with Gasteiger partial charge in [0, 0.05) is 0 Å². The predicted molar refractivity (Wildman–Crippen MR) is 95.5 cm³/mol. The molecule has 1 fully saturated rings. The van der Waals surface area contributed by atoms with Gasteiger partial charge in [0.15, 0.2) is 0 Å². The van der Waals surface area contributed by atoms with Gasteiger partial charge in [-0.3, -0.25) is 0 Å². The Morgan fingerprint density at radius 1 is 1.26 bits per heavy atom. The number of hydrogen-bond acceptors (Lipinski definition) is 4. The molecule has 23 heavy (non-hydrogen) atoms. The second-order valence-corrected chi connectivity index (χ2v) is 11.3. The molecule has 3 heterocycles. The van der Waals surface area contributed by atoms with Crippen molar-refractivity contribution in [2.45, 2.75) is 26.0 Å². The van der Waals surface area contributed by atoms with Crippen LogP contribution >= 0.6 is 0 Å². The average Bonchev–Trinajstić information content (AvgIpc) is 2.96. The van der Waals surface area contributed by atoms with Crippen LogP contribution in [-0.4, -0.2) is 72.8 Å². The second-order valence-electron chi connectivity index (χ2n) is 6.53. The third-order valence-corrected chi connectivity index (χ3v) is 9.49. The Bertz CT molecular complexity index is 675. The summed E-state index contributed by atoms with van der Waals surface area (Å²) in [7, 11) is 0. The number of allylic oxidation sites excluding steroid dienone is 1. The van der Waals surface area contributed by atoms with Gasteiger partial charge in [0.2, 0.25) is 0 Å². The number of fused-ring (bicyclic) bond motifs is 1. The minimum atomic E-state index is -0.902. The monoisotopic (exact) mass is 501 g/mol. The summed E-state index contributed by atoms with van der Waals surface area (Å²) in [6.07, 6.45) is 5.45. The van der Waals surface area contributed by atoms with Crippen molar-refractivity contribution in [3.63, 3.8) is 0 Å². The summed E-state index contributed by atoms with van der Waals surface area (Å²) in [4.78, 5) is 9.66. The van der Waals surface area contributed by atoms with Crippen LogP contribution in [0, 0.1) is 0 Å². The molecule has 3 aliphatic rings. The Morgan fingerprint density at radius 2 is 2.13 bits per heavy atom. The van der Waals surface area contributed by atoms with E-state index in [9.17, 15) is 0 Å². The summed E-state index contributed by atoms with van der Waals surface area (Å²) in [5.41, 5.74) is 2.73. The molecule has 1 aromatic carbocycles. The standard InChI is InChI=1S/C18H22N3O.Tl/c1-3-6-19-14-21-9-7-20(8-10-21)13-16-4-5-17-11-15(2)22-18(17)12-16;/h1,3-6,12,15H,7-11,13H2,2H3;. The van der Waals surface area contributed by atoms with Crippen molar-refractivity contribution < 1.29 is 4.74 Å². The Balaban J connectivity index is 1.35. The molecule has 0 saturated carbocycles. The molecule has 1 atom stereocenters. The molecule has 4 rings (SSSR count). The van der Waals surface area contributed by atoms with Crippen molar-refractivity contribution in [2.24, 2.45) is 4.99 Å². The van der Waals surface area contributed by atoms with E-state index in [1.54, 1.807) is 0 Å². The van der Waals surface area contributed by atoms with Gasteiger partial charge in [-0.25, -0.2) is 0 Å². The van der Waals surface area contributed by atoms with Crippen LogP contribution < -0.4 is 4.74 Å². The van der Waals surface area contributed by atoms with E-state index >= 15 is 0 Å². The third-order valence-electron chi connectivity index (χ3n) is 4.72. The number of aliphatic imine (C=N–C) groups is 1. The molecule has 4 nitrogen and oxygen atoms in total. The quantitative estimate of drug-likeness (QED) is 0.577. The van der Waals surface area contributed by atoms with E-state index in [1.807, 2.05) is 6.20 Å². The Kier molecular flexibility index (Phi) is 4.62. The molecule has 1 unspecified atom stereocenters. The topological polar surface area (TPSA) is 28.1 Å². The maximum absolute atomic E-state index is 5.89. The molecule has 1 aromatic rings. The molecule has 0 aromatic heterocycles. The molecule has 0 aliphatic carbocycles. The molecule has 118 valence electrons. The van der Waals surface area contributed by atoms with E-state index in [0.717, 1.165) is 44.9 Å². The normalized spacial score (nSPS) is 23.3. The number of nitrogens with zero attached hydrogens (tertiary/aromatic N) is 3. The van der Waals surface area contributed by atoms with Gasteiger partial charge in [-0.05, 0) is 0 Å². The molecule has 0 bridgehead atoms. The zero-order chi connectivity index (χ0) is 15.6. The van der Waals surface area contributed by atoms with Crippen molar-refractivity contribution in [3.8, 4) is 5.75 Å². The molecule has 0 amide bonds. The van der Waals surface area contributed by atoms with Crippen LogP contribution in [0.15, 0.2) is 35.5 Å². The fourth-order valence-corrected chi connectivity index (χ4v) is 7.46. The summed E-state index contributed by atoms with van der Waals surface area (Å²) in [5, 5.41) is 0.